The van der Waals surface area contributed by atoms with E-state index in [1.165, 1.54) is 5.56 Å². The number of piperidine rings is 1. The number of amides is 2. The summed E-state index contributed by atoms with van der Waals surface area (Å²) in [5.41, 5.74) is 2.51. The van der Waals surface area contributed by atoms with Crippen LogP contribution in [-0.2, 0) is 14.9 Å². The number of ether oxygens (including phenoxy) is 1. The van der Waals surface area contributed by atoms with Crippen LogP contribution in [0.2, 0.25) is 0 Å². The molecule has 0 radical (unpaired) electrons. The molecule has 1 aromatic carbocycles. The largest absolute Gasteiger partial charge is 0.448 e. The van der Waals surface area contributed by atoms with Crippen LogP contribution in [0.15, 0.2) is 24.3 Å². The Morgan fingerprint density at radius 1 is 1.23 bits per heavy atom. The summed E-state index contributed by atoms with van der Waals surface area (Å²) < 4.78 is 5.23. The molecular weight excluding hydrogens is 378 g/mol. The Morgan fingerprint density at radius 3 is 2.73 bits per heavy atom. The Kier molecular flexibility index (Phi) is 6.01. The number of nitrogens with zero attached hydrogens (tertiary/aromatic N) is 3. The van der Waals surface area contributed by atoms with Crippen molar-refractivity contribution < 1.29 is 14.3 Å². The Bertz CT molecular complexity index is 838. The molecule has 2 fully saturated rings. The molecule has 1 spiro atoms. The average Bonchev–Trinajstić information content (AvgIpc) is 3.34. The lowest BCUT2D eigenvalue weighted by Crippen LogP contribution is -2.47. The van der Waals surface area contributed by atoms with Crippen LogP contribution in [-0.4, -0.2) is 67.7 Å². The molecule has 2 saturated heterocycles. The number of rotatable bonds is 4. The highest BCUT2D eigenvalue weighted by Crippen LogP contribution is 2.47. The van der Waals surface area contributed by atoms with Gasteiger partial charge in [0.2, 0.25) is 5.91 Å². The molecule has 6 heteroatoms. The van der Waals surface area contributed by atoms with Gasteiger partial charge in [-0.1, -0.05) is 18.2 Å². The highest BCUT2D eigenvalue weighted by Gasteiger charge is 2.45. The summed E-state index contributed by atoms with van der Waals surface area (Å²) in [6, 6.07) is 8.39. The maximum absolute atomic E-state index is 12.2. The molecule has 3 heterocycles. The van der Waals surface area contributed by atoms with Gasteiger partial charge in [-0.2, -0.15) is 0 Å². The summed E-state index contributed by atoms with van der Waals surface area (Å²) in [4.78, 5) is 30.6. The minimum atomic E-state index is -0.239. The molecule has 3 aliphatic rings. The van der Waals surface area contributed by atoms with Gasteiger partial charge in [0.25, 0.3) is 0 Å². The number of carbonyl (C=O) groups excluding carboxylic acids is 2. The molecule has 0 bridgehead atoms. The quantitative estimate of drug-likeness (QED) is 0.567. The fourth-order valence-electron chi connectivity index (χ4n) is 5.30. The highest BCUT2D eigenvalue weighted by atomic mass is 16.6. The Balaban J connectivity index is 1.30. The van der Waals surface area contributed by atoms with Gasteiger partial charge in [0.05, 0.1) is 0 Å². The zero-order valence-corrected chi connectivity index (χ0v) is 17.8. The summed E-state index contributed by atoms with van der Waals surface area (Å²) in [5, 5.41) is 0. The summed E-state index contributed by atoms with van der Waals surface area (Å²) in [6.45, 7) is 7.36. The minimum absolute atomic E-state index is 0.0846. The van der Waals surface area contributed by atoms with Gasteiger partial charge < -0.3 is 19.4 Å². The van der Waals surface area contributed by atoms with Gasteiger partial charge in [0.15, 0.2) is 0 Å². The Hall–Kier alpha value is -2.52. The van der Waals surface area contributed by atoms with Crippen molar-refractivity contribution in [2.24, 2.45) is 5.92 Å². The summed E-state index contributed by atoms with van der Waals surface area (Å²) in [6.07, 6.45) is 8.59. The van der Waals surface area contributed by atoms with Crippen LogP contribution in [0.5, 0.6) is 0 Å². The molecular formula is C24H31N3O3. The van der Waals surface area contributed by atoms with Crippen molar-refractivity contribution in [3.05, 3.63) is 29.8 Å². The SMILES string of the molecule is C#CCCOC(=O)N1CC[C@H](CN2CCC3(CC2)CN(C(C)=O)c2ccccc23)C1. The van der Waals surface area contributed by atoms with E-state index < -0.39 is 0 Å². The number of likely N-dealkylation sites (tertiary alicyclic amines) is 2. The molecule has 0 unspecified atom stereocenters. The maximum atomic E-state index is 12.2. The van der Waals surface area contributed by atoms with Crippen molar-refractivity contribution in [2.45, 2.75) is 38.0 Å². The van der Waals surface area contributed by atoms with Gasteiger partial charge in [0, 0.05) is 50.6 Å². The van der Waals surface area contributed by atoms with Crippen molar-refractivity contribution in [3.63, 3.8) is 0 Å². The monoisotopic (exact) mass is 409 g/mol. The fourth-order valence-corrected chi connectivity index (χ4v) is 5.30. The van der Waals surface area contributed by atoms with Gasteiger partial charge in [-0.3, -0.25) is 4.79 Å². The summed E-state index contributed by atoms with van der Waals surface area (Å²) >= 11 is 0. The lowest BCUT2D eigenvalue weighted by atomic mass is 9.74. The molecule has 6 nitrogen and oxygen atoms in total. The lowest BCUT2D eigenvalue weighted by Gasteiger charge is -2.40. The molecule has 160 valence electrons. The maximum Gasteiger partial charge on any atom is 0.409 e. The first-order chi connectivity index (χ1) is 14.5. The normalized spacial score (nSPS) is 22.7. The van der Waals surface area contributed by atoms with Crippen molar-refractivity contribution in [1.82, 2.24) is 9.80 Å². The average molecular weight is 410 g/mol. The van der Waals surface area contributed by atoms with Crippen molar-refractivity contribution in [1.29, 1.82) is 0 Å². The minimum Gasteiger partial charge on any atom is -0.448 e. The van der Waals surface area contributed by atoms with Gasteiger partial charge in [-0.25, -0.2) is 4.79 Å². The van der Waals surface area contributed by atoms with Gasteiger partial charge in [-0.05, 0) is 49.9 Å². The summed E-state index contributed by atoms with van der Waals surface area (Å²) in [5.74, 6) is 3.10. The molecule has 3 aliphatic heterocycles. The van der Waals surface area contributed by atoms with Crippen LogP contribution in [0.1, 0.15) is 38.2 Å². The first-order valence-electron chi connectivity index (χ1n) is 11.0. The third-order valence-corrected chi connectivity index (χ3v) is 6.95. The molecule has 1 aromatic rings. The second-order valence-electron chi connectivity index (χ2n) is 8.87. The third-order valence-electron chi connectivity index (χ3n) is 6.95. The molecule has 0 N–H and O–H groups in total. The second-order valence-corrected chi connectivity index (χ2v) is 8.87. The zero-order valence-electron chi connectivity index (χ0n) is 17.8. The van der Waals surface area contributed by atoms with Crippen LogP contribution in [0.25, 0.3) is 0 Å². The van der Waals surface area contributed by atoms with Gasteiger partial charge in [-0.15, -0.1) is 12.3 Å². The van der Waals surface area contributed by atoms with E-state index in [0.717, 1.165) is 64.2 Å². The third kappa shape index (κ3) is 4.04. The van der Waals surface area contributed by atoms with E-state index in [2.05, 4.69) is 29.0 Å². The predicted molar refractivity (Wildman–Crippen MR) is 116 cm³/mol. The number of carbonyl (C=O) groups is 2. The van der Waals surface area contributed by atoms with Crippen LogP contribution in [0.3, 0.4) is 0 Å². The number of hydrogen-bond acceptors (Lipinski definition) is 4. The van der Waals surface area contributed by atoms with Crippen LogP contribution in [0.4, 0.5) is 10.5 Å². The lowest BCUT2D eigenvalue weighted by molar-refractivity contribution is -0.116. The predicted octanol–water partition coefficient (Wildman–Crippen LogP) is 2.87. The number of para-hydroxylation sites is 1. The zero-order chi connectivity index (χ0) is 21.1. The van der Waals surface area contributed by atoms with Crippen molar-refractivity contribution in [3.8, 4) is 12.3 Å². The number of hydrogen-bond donors (Lipinski definition) is 0. The van der Waals surface area contributed by atoms with E-state index in [4.69, 9.17) is 11.2 Å². The highest BCUT2D eigenvalue weighted by molar-refractivity contribution is 5.94. The first-order valence-corrected chi connectivity index (χ1v) is 11.0. The number of fused-ring (bicyclic) bond motifs is 2. The topological polar surface area (TPSA) is 53.1 Å². The van der Waals surface area contributed by atoms with Crippen molar-refractivity contribution >= 4 is 17.7 Å². The number of terminal acetylenes is 1. The van der Waals surface area contributed by atoms with E-state index in [9.17, 15) is 9.59 Å². The standard InChI is InChI=1S/C24H31N3O3/c1-3-4-15-30-23(29)26-12-9-20(17-26)16-25-13-10-24(11-14-25)18-27(19(2)28)22-8-6-5-7-21(22)24/h1,5-8,20H,4,9-18H2,2H3/t20-/m1/s1. The molecule has 0 aliphatic carbocycles. The van der Waals surface area contributed by atoms with Crippen LogP contribution >= 0.6 is 0 Å². The van der Waals surface area contributed by atoms with Gasteiger partial charge >= 0.3 is 6.09 Å². The van der Waals surface area contributed by atoms with Crippen LogP contribution < -0.4 is 4.90 Å². The van der Waals surface area contributed by atoms with Crippen molar-refractivity contribution in [2.75, 3.05) is 50.8 Å². The van der Waals surface area contributed by atoms with E-state index in [1.54, 1.807) is 6.92 Å². The molecule has 2 amide bonds. The van der Waals surface area contributed by atoms with E-state index in [-0.39, 0.29) is 17.4 Å². The Morgan fingerprint density at radius 2 is 2.00 bits per heavy atom. The smallest absolute Gasteiger partial charge is 0.409 e. The summed E-state index contributed by atoms with van der Waals surface area (Å²) in [7, 11) is 0. The second kappa shape index (κ2) is 8.69. The van der Waals surface area contributed by atoms with E-state index >= 15 is 0 Å². The first kappa shape index (κ1) is 20.7. The fraction of sp³-hybridized carbons (Fsp3) is 0.583. The molecule has 1 atom stereocenters. The molecule has 0 aromatic heterocycles. The van der Waals surface area contributed by atoms with Crippen LogP contribution in [0, 0.1) is 18.3 Å². The molecule has 4 rings (SSSR count). The number of anilines is 1. The molecule has 0 saturated carbocycles. The Labute approximate surface area is 179 Å². The van der Waals surface area contributed by atoms with Gasteiger partial charge in [0.1, 0.15) is 6.61 Å². The number of benzene rings is 1. The molecule has 30 heavy (non-hydrogen) atoms. The van der Waals surface area contributed by atoms with E-state index in [0.29, 0.717) is 18.9 Å². The van der Waals surface area contributed by atoms with E-state index in [1.807, 2.05) is 15.9 Å².